The lowest BCUT2D eigenvalue weighted by Crippen LogP contribution is -2.12. The number of carbonyl (C=O) groups excluding carboxylic acids is 1. The van der Waals surface area contributed by atoms with Crippen molar-refractivity contribution in [2.45, 2.75) is 26.7 Å². The molecule has 0 aliphatic carbocycles. The first-order valence-electron chi connectivity index (χ1n) is 4.37. The van der Waals surface area contributed by atoms with Gasteiger partial charge in [-0.15, -0.1) is 11.3 Å². The molecule has 1 heterocycles. The van der Waals surface area contributed by atoms with Crippen LogP contribution in [0.4, 0.5) is 0 Å². The van der Waals surface area contributed by atoms with Crippen molar-refractivity contribution in [3.63, 3.8) is 0 Å². The molecular weight excluding hydrogens is 248 g/mol. The normalized spacial score (nSPS) is 12.8. The van der Waals surface area contributed by atoms with E-state index in [1.54, 1.807) is 18.3 Å². The van der Waals surface area contributed by atoms with Crippen LogP contribution >= 0.6 is 27.3 Å². The highest BCUT2D eigenvalue weighted by Crippen LogP contribution is 2.26. The molecule has 0 saturated heterocycles. The molecule has 0 saturated carbocycles. The third-order valence-corrected chi connectivity index (χ3v) is 4.14. The van der Waals surface area contributed by atoms with Crippen molar-refractivity contribution >= 4 is 33.0 Å². The molecule has 0 radical (unpaired) electrons. The van der Waals surface area contributed by atoms with Gasteiger partial charge in [-0.1, -0.05) is 6.92 Å². The van der Waals surface area contributed by atoms with Gasteiger partial charge in [0.05, 0.1) is 0 Å². The van der Waals surface area contributed by atoms with Crippen molar-refractivity contribution in [3.8, 4) is 0 Å². The molecule has 0 fully saturated rings. The second kappa shape index (κ2) is 4.91. The molecule has 0 aliphatic heterocycles. The molecule has 0 aromatic carbocycles. The van der Waals surface area contributed by atoms with E-state index >= 15 is 0 Å². The third kappa shape index (κ3) is 2.92. The molecule has 1 aromatic rings. The number of Topliss-reactive ketones (excluding diaryl/α,β-unsaturated/α-hetero) is 1. The van der Waals surface area contributed by atoms with E-state index in [9.17, 15) is 4.79 Å². The monoisotopic (exact) mass is 260 g/mol. The summed E-state index contributed by atoms with van der Waals surface area (Å²) in [5.41, 5.74) is 0. The van der Waals surface area contributed by atoms with E-state index in [1.165, 1.54) is 4.88 Å². The summed E-state index contributed by atoms with van der Waals surface area (Å²) < 4.78 is 1.14. The van der Waals surface area contributed by atoms with Crippen LogP contribution in [0.5, 0.6) is 0 Å². The van der Waals surface area contributed by atoms with Gasteiger partial charge in [0, 0.05) is 15.3 Å². The van der Waals surface area contributed by atoms with Crippen molar-refractivity contribution in [2.75, 3.05) is 0 Å². The van der Waals surface area contributed by atoms with Gasteiger partial charge in [-0.2, -0.15) is 0 Å². The van der Waals surface area contributed by atoms with Crippen LogP contribution in [0.15, 0.2) is 15.9 Å². The lowest BCUT2D eigenvalue weighted by molar-refractivity contribution is -0.120. The summed E-state index contributed by atoms with van der Waals surface area (Å²) in [4.78, 5) is 12.5. The van der Waals surface area contributed by atoms with Crippen LogP contribution in [0.2, 0.25) is 0 Å². The number of thiophene rings is 1. The van der Waals surface area contributed by atoms with E-state index in [0.717, 1.165) is 17.3 Å². The quantitative estimate of drug-likeness (QED) is 0.808. The van der Waals surface area contributed by atoms with Gasteiger partial charge in [0.15, 0.2) is 0 Å². The van der Waals surface area contributed by atoms with E-state index in [0.29, 0.717) is 5.78 Å². The van der Waals surface area contributed by atoms with Crippen LogP contribution in [-0.2, 0) is 11.2 Å². The zero-order chi connectivity index (χ0) is 9.84. The molecule has 1 rings (SSSR count). The molecule has 3 heteroatoms. The predicted molar refractivity (Wildman–Crippen MR) is 60.2 cm³/mol. The summed E-state index contributed by atoms with van der Waals surface area (Å²) >= 11 is 5.18. The maximum Gasteiger partial charge on any atom is 0.133 e. The Bertz CT molecular complexity index is 293. The van der Waals surface area contributed by atoms with E-state index in [1.807, 2.05) is 11.4 Å². The fourth-order valence-electron chi connectivity index (χ4n) is 1.27. The van der Waals surface area contributed by atoms with Crippen LogP contribution in [-0.4, -0.2) is 5.78 Å². The first-order chi connectivity index (χ1) is 6.15. The minimum absolute atomic E-state index is 0.190. The molecule has 72 valence electrons. The van der Waals surface area contributed by atoms with Gasteiger partial charge in [0.2, 0.25) is 0 Å². The highest BCUT2D eigenvalue weighted by atomic mass is 79.9. The van der Waals surface area contributed by atoms with Gasteiger partial charge >= 0.3 is 0 Å². The highest BCUT2D eigenvalue weighted by molar-refractivity contribution is 9.10. The summed E-state index contributed by atoms with van der Waals surface area (Å²) in [6, 6.07) is 2.03. The molecule has 1 aromatic heterocycles. The van der Waals surface area contributed by atoms with E-state index in [2.05, 4.69) is 22.9 Å². The van der Waals surface area contributed by atoms with Gasteiger partial charge in [-0.05, 0) is 47.1 Å². The third-order valence-electron chi connectivity index (χ3n) is 2.19. The Hall–Kier alpha value is -0.150. The molecule has 0 bridgehead atoms. The number of rotatable bonds is 4. The molecule has 1 unspecified atom stereocenters. The molecule has 1 atom stereocenters. The number of carbonyl (C=O) groups is 1. The lowest BCUT2D eigenvalue weighted by Gasteiger charge is -2.09. The summed E-state index contributed by atoms with van der Waals surface area (Å²) in [6.45, 7) is 3.74. The number of ketones is 1. The first kappa shape index (κ1) is 10.9. The summed E-state index contributed by atoms with van der Waals surface area (Å²) in [5.74, 6) is 0.484. The van der Waals surface area contributed by atoms with Gasteiger partial charge in [-0.3, -0.25) is 4.79 Å². The predicted octanol–water partition coefficient (Wildman–Crippen LogP) is 3.67. The molecule has 0 amide bonds. The van der Waals surface area contributed by atoms with Crippen molar-refractivity contribution in [1.29, 1.82) is 0 Å². The maximum absolute atomic E-state index is 11.2. The standard InChI is InChI=1S/C10H13BrOS/c1-3-8(7(2)12)6-10-9(11)4-5-13-10/h4-5,8H,3,6H2,1-2H3. The van der Waals surface area contributed by atoms with E-state index in [4.69, 9.17) is 0 Å². The Morgan fingerprint density at radius 1 is 1.69 bits per heavy atom. The Kier molecular flexibility index (Phi) is 4.13. The van der Waals surface area contributed by atoms with Gasteiger partial charge < -0.3 is 0 Å². The smallest absolute Gasteiger partial charge is 0.133 e. The summed E-state index contributed by atoms with van der Waals surface area (Å²) in [7, 11) is 0. The minimum atomic E-state index is 0.190. The molecular formula is C10H13BrOS. The molecule has 0 N–H and O–H groups in total. The largest absolute Gasteiger partial charge is 0.300 e. The SMILES string of the molecule is CCC(Cc1sccc1Br)C(C)=O. The fourth-order valence-corrected chi connectivity index (χ4v) is 2.87. The van der Waals surface area contributed by atoms with Gasteiger partial charge in [0.25, 0.3) is 0 Å². The molecule has 0 aliphatic rings. The van der Waals surface area contributed by atoms with Crippen LogP contribution < -0.4 is 0 Å². The van der Waals surface area contributed by atoms with Crippen LogP contribution in [0.3, 0.4) is 0 Å². The average molecular weight is 261 g/mol. The van der Waals surface area contributed by atoms with Crippen LogP contribution in [0, 0.1) is 5.92 Å². The number of hydrogen-bond acceptors (Lipinski definition) is 2. The minimum Gasteiger partial charge on any atom is -0.300 e. The maximum atomic E-state index is 11.2. The van der Waals surface area contributed by atoms with Crippen molar-refractivity contribution in [1.82, 2.24) is 0 Å². The number of halogens is 1. The van der Waals surface area contributed by atoms with Crippen LogP contribution in [0.25, 0.3) is 0 Å². The second-order valence-electron chi connectivity index (χ2n) is 3.11. The Labute approximate surface area is 91.3 Å². The van der Waals surface area contributed by atoms with Crippen molar-refractivity contribution in [2.24, 2.45) is 5.92 Å². The molecule has 1 nitrogen and oxygen atoms in total. The average Bonchev–Trinajstić information content (AvgIpc) is 2.46. The first-order valence-corrected chi connectivity index (χ1v) is 6.04. The Balaban J connectivity index is 2.67. The van der Waals surface area contributed by atoms with Crippen molar-refractivity contribution in [3.05, 3.63) is 20.8 Å². The topological polar surface area (TPSA) is 17.1 Å². The van der Waals surface area contributed by atoms with E-state index < -0.39 is 0 Å². The lowest BCUT2D eigenvalue weighted by atomic mass is 9.97. The Morgan fingerprint density at radius 3 is 2.77 bits per heavy atom. The zero-order valence-electron chi connectivity index (χ0n) is 7.84. The molecule has 13 heavy (non-hydrogen) atoms. The summed E-state index contributed by atoms with van der Waals surface area (Å²) in [6.07, 6.45) is 1.81. The molecule has 0 spiro atoms. The second-order valence-corrected chi connectivity index (χ2v) is 4.97. The van der Waals surface area contributed by atoms with Gasteiger partial charge in [-0.25, -0.2) is 0 Å². The van der Waals surface area contributed by atoms with Crippen molar-refractivity contribution < 1.29 is 4.79 Å². The summed E-state index contributed by atoms with van der Waals surface area (Å²) in [5, 5.41) is 2.05. The van der Waals surface area contributed by atoms with Gasteiger partial charge in [0.1, 0.15) is 5.78 Å². The Morgan fingerprint density at radius 2 is 2.38 bits per heavy atom. The van der Waals surface area contributed by atoms with E-state index in [-0.39, 0.29) is 5.92 Å². The number of hydrogen-bond donors (Lipinski definition) is 0. The zero-order valence-corrected chi connectivity index (χ0v) is 10.2. The fraction of sp³-hybridized carbons (Fsp3) is 0.500. The highest BCUT2D eigenvalue weighted by Gasteiger charge is 2.14. The van der Waals surface area contributed by atoms with Crippen LogP contribution in [0.1, 0.15) is 25.1 Å².